The van der Waals surface area contributed by atoms with Crippen molar-refractivity contribution >= 4 is 5.91 Å². The highest BCUT2D eigenvalue weighted by atomic mass is 16.2. The van der Waals surface area contributed by atoms with Gasteiger partial charge in [0.25, 0.3) is 0 Å². The Morgan fingerprint density at radius 3 is 2.95 bits per heavy atom. The molecule has 1 fully saturated rings. The van der Waals surface area contributed by atoms with E-state index in [4.69, 9.17) is 0 Å². The van der Waals surface area contributed by atoms with E-state index in [2.05, 4.69) is 41.8 Å². The van der Waals surface area contributed by atoms with Crippen LogP contribution >= 0.6 is 0 Å². The fourth-order valence-corrected chi connectivity index (χ4v) is 3.55. The maximum Gasteiger partial charge on any atom is 0.227 e. The molecule has 0 spiro atoms. The number of fused-ring (bicyclic) bond motifs is 1. The molecule has 3 unspecified atom stereocenters. The fraction of sp³-hybridized carbons (Fsp3) is 0.588. The average molecular weight is 272 g/mol. The van der Waals surface area contributed by atoms with Crippen LogP contribution in [0.1, 0.15) is 49.7 Å². The number of amides is 1. The van der Waals surface area contributed by atoms with Gasteiger partial charge in [0.15, 0.2) is 0 Å². The van der Waals surface area contributed by atoms with E-state index in [9.17, 15) is 4.79 Å². The van der Waals surface area contributed by atoms with E-state index in [1.54, 1.807) is 0 Å². The first-order valence-electron chi connectivity index (χ1n) is 7.87. The largest absolute Gasteiger partial charge is 0.351 e. The lowest BCUT2D eigenvalue weighted by molar-refractivity contribution is -0.124. The van der Waals surface area contributed by atoms with Crippen LogP contribution in [0.3, 0.4) is 0 Å². The van der Waals surface area contributed by atoms with Crippen LogP contribution in [0, 0.1) is 0 Å². The van der Waals surface area contributed by atoms with Gasteiger partial charge in [0.05, 0.1) is 5.92 Å². The Morgan fingerprint density at radius 1 is 1.25 bits per heavy atom. The molecule has 1 aliphatic carbocycles. The minimum atomic E-state index is 0.0501. The van der Waals surface area contributed by atoms with E-state index in [0.717, 1.165) is 38.6 Å². The summed E-state index contributed by atoms with van der Waals surface area (Å²) in [5, 5.41) is 6.72. The molecular formula is C17H24N2O. The van der Waals surface area contributed by atoms with Crippen molar-refractivity contribution in [2.24, 2.45) is 0 Å². The van der Waals surface area contributed by atoms with Crippen molar-refractivity contribution in [3.63, 3.8) is 0 Å². The van der Waals surface area contributed by atoms with E-state index in [0.29, 0.717) is 6.04 Å². The number of carbonyl (C=O) groups excluding carboxylic acids is 1. The molecule has 0 aromatic heterocycles. The van der Waals surface area contributed by atoms with Gasteiger partial charge in [-0.1, -0.05) is 24.3 Å². The topological polar surface area (TPSA) is 41.1 Å². The van der Waals surface area contributed by atoms with Crippen LogP contribution < -0.4 is 10.6 Å². The summed E-state index contributed by atoms with van der Waals surface area (Å²) in [6.45, 7) is 3.23. The Morgan fingerprint density at radius 2 is 2.10 bits per heavy atom. The molecule has 2 aliphatic rings. The number of aryl methyl sites for hydroxylation is 1. The highest BCUT2D eigenvalue weighted by Gasteiger charge is 2.29. The van der Waals surface area contributed by atoms with Gasteiger partial charge in [0, 0.05) is 12.1 Å². The molecule has 1 amide bonds. The Labute approximate surface area is 121 Å². The zero-order valence-electron chi connectivity index (χ0n) is 12.2. The van der Waals surface area contributed by atoms with Gasteiger partial charge in [-0.2, -0.15) is 0 Å². The number of hydrogen-bond donors (Lipinski definition) is 2. The first-order valence-corrected chi connectivity index (χ1v) is 7.87. The van der Waals surface area contributed by atoms with Gasteiger partial charge in [0.2, 0.25) is 5.91 Å². The lowest BCUT2D eigenvalue weighted by Crippen LogP contribution is -2.53. The van der Waals surface area contributed by atoms with E-state index >= 15 is 0 Å². The Kier molecular flexibility index (Phi) is 4.06. The number of nitrogens with one attached hydrogen (secondary N) is 2. The van der Waals surface area contributed by atoms with Gasteiger partial charge in [0.1, 0.15) is 0 Å². The van der Waals surface area contributed by atoms with Crippen LogP contribution in [0.2, 0.25) is 0 Å². The molecule has 20 heavy (non-hydrogen) atoms. The van der Waals surface area contributed by atoms with Gasteiger partial charge in [-0.3, -0.25) is 4.79 Å². The normalized spacial score (nSPS) is 29.6. The summed E-state index contributed by atoms with van der Waals surface area (Å²) in [7, 11) is 0. The van der Waals surface area contributed by atoms with E-state index < -0.39 is 0 Å². The number of carbonyl (C=O) groups is 1. The second-order valence-electron chi connectivity index (χ2n) is 6.14. The van der Waals surface area contributed by atoms with Crippen LogP contribution in [-0.4, -0.2) is 24.5 Å². The Bertz CT molecular complexity index is 486. The van der Waals surface area contributed by atoms with Crippen LogP contribution in [0.15, 0.2) is 24.3 Å². The molecule has 3 atom stereocenters. The maximum atomic E-state index is 12.6. The molecule has 3 rings (SSSR count). The number of benzene rings is 1. The van der Waals surface area contributed by atoms with Gasteiger partial charge in [-0.15, -0.1) is 0 Å². The second kappa shape index (κ2) is 5.96. The van der Waals surface area contributed by atoms with E-state index in [1.807, 2.05) is 0 Å². The number of piperidine rings is 1. The average Bonchev–Trinajstić information content (AvgIpc) is 2.49. The molecule has 1 heterocycles. The van der Waals surface area contributed by atoms with Crippen LogP contribution in [0.25, 0.3) is 0 Å². The highest BCUT2D eigenvalue weighted by molar-refractivity contribution is 5.84. The van der Waals surface area contributed by atoms with Crippen molar-refractivity contribution in [3.8, 4) is 0 Å². The standard InChI is InChI=1S/C17H24N2O/c1-12-16(10-5-11-18-12)19-17(20)15-9-4-7-13-6-2-3-8-14(13)15/h2-3,6,8,12,15-16,18H,4-5,7,9-11H2,1H3,(H,19,20). The van der Waals surface area contributed by atoms with Crippen molar-refractivity contribution in [2.75, 3.05) is 6.54 Å². The quantitative estimate of drug-likeness (QED) is 0.868. The van der Waals surface area contributed by atoms with E-state index in [-0.39, 0.29) is 17.9 Å². The molecule has 3 heteroatoms. The molecule has 3 nitrogen and oxygen atoms in total. The van der Waals surface area contributed by atoms with Crippen molar-refractivity contribution < 1.29 is 4.79 Å². The van der Waals surface area contributed by atoms with Gasteiger partial charge in [-0.25, -0.2) is 0 Å². The molecule has 1 aromatic rings. The van der Waals surface area contributed by atoms with Crippen LogP contribution in [-0.2, 0) is 11.2 Å². The molecule has 1 aliphatic heterocycles. The predicted octanol–water partition coefficient (Wildman–Crippen LogP) is 2.36. The molecule has 108 valence electrons. The molecule has 0 radical (unpaired) electrons. The lowest BCUT2D eigenvalue weighted by Gasteiger charge is -2.33. The molecule has 1 aromatic carbocycles. The summed E-state index contributed by atoms with van der Waals surface area (Å²) in [5.41, 5.74) is 2.60. The smallest absolute Gasteiger partial charge is 0.227 e. The minimum absolute atomic E-state index is 0.0501. The first kappa shape index (κ1) is 13.6. The summed E-state index contributed by atoms with van der Waals surface area (Å²) in [4.78, 5) is 12.6. The third-order valence-electron chi connectivity index (χ3n) is 4.78. The summed E-state index contributed by atoms with van der Waals surface area (Å²) >= 11 is 0. The Balaban J connectivity index is 1.72. The predicted molar refractivity (Wildman–Crippen MR) is 80.8 cm³/mol. The van der Waals surface area contributed by atoms with Crippen LogP contribution in [0.5, 0.6) is 0 Å². The number of hydrogen-bond acceptors (Lipinski definition) is 2. The molecule has 2 N–H and O–H groups in total. The molecule has 0 bridgehead atoms. The van der Waals surface area contributed by atoms with Gasteiger partial charge >= 0.3 is 0 Å². The monoisotopic (exact) mass is 272 g/mol. The van der Waals surface area contributed by atoms with E-state index in [1.165, 1.54) is 11.1 Å². The first-order chi connectivity index (χ1) is 9.75. The summed E-state index contributed by atoms with van der Waals surface area (Å²) in [6.07, 6.45) is 5.46. The zero-order chi connectivity index (χ0) is 13.9. The fourth-order valence-electron chi connectivity index (χ4n) is 3.55. The van der Waals surface area contributed by atoms with Crippen LogP contribution in [0.4, 0.5) is 0 Å². The number of rotatable bonds is 2. The summed E-state index contributed by atoms with van der Waals surface area (Å²) in [6, 6.07) is 9.08. The van der Waals surface area contributed by atoms with Crippen molar-refractivity contribution in [1.82, 2.24) is 10.6 Å². The van der Waals surface area contributed by atoms with Gasteiger partial charge in [-0.05, 0) is 56.7 Å². The third-order valence-corrected chi connectivity index (χ3v) is 4.78. The van der Waals surface area contributed by atoms with Crippen molar-refractivity contribution in [2.45, 2.75) is 57.0 Å². The zero-order valence-corrected chi connectivity index (χ0v) is 12.2. The van der Waals surface area contributed by atoms with Gasteiger partial charge < -0.3 is 10.6 Å². The molecule has 1 saturated heterocycles. The lowest BCUT2D eigenvalue weighted by atomic mass is 9.82. The second-order valence-corrected chi connectivity index (χ2v) is 6.14. The molecule has 0 saturated carbocycles. The summed E-state index contributed by atoms with van der Waals surface area (Å²) < 4.78 is 0. The minimum Gasteiger partial charge on any atom is -0.351 e. The SMILES string of the molecule is CC1NCCCC1NC(=O)C1CCCc2ccccc21. The third kappa shape index (κ3) is 2.73. The van der Waals surface area contributed by atoms with Crippen molar-refractivity contribution in [1.29, 1.82) is 0 Å². The highest BCUT2D eigenvalue weighted by Crippen LogP contribution is 2.31. The maximum absolute atomic E-state index is 12.6. The van der Waals surface area contributed by atoms with Crippen molar-refractivity contribution in [3.05, 3.63) is 35.4 Å². The molecular weight excluding hydrogens is 248 g/mol. The Hall–Kier alpha value is -1.35. The summed E-state index contributed by atoms with van der Waals surface area (Å²) in [5.74, 6) is 0.270.